The summed E-state index contributed by atoms with van der Waals surface area (Å²) >= 11 is 5.94. The van der Waals surface area contributed by atoms with E-state index in [0.29, 0.717) is 18.5 Å². The van der Waals surface area contributed by atoms with E-state index in [4.69, 9.17) is 17.3 Å². The van der Waals surface area contributed by atoms with Gasteiger partial charge in [0.1, 0.15) is 5.82 Å². The van der Waals surface area contributed by atoms with Crippen LogP contribution in [0.4, 0.5) is 0 Å². The van der Waals surface area contributed by atoms with Crippen LogP contribution >= 0.6 is 11.6 Å². The number of nitrogens with zero attached hydrogens (tertiary/aromatic N) is 2. The van der Waals surface area contributed by atoms with Crippen LogP contribution < -0.4 is 5.73 Å². The average molecular weight is 292 g/mol. The smallest absolute Gasteiger partial charge is 0.111 e. The summed E-state index contributed by atoms with van der Waals surface area (Å²) in [5.74, 6) is 1.54. The fraction of sp³-hybridized carbons (Fsp3) is 0.438. The monoisotopic (exact) mass is 291 g/mol. The third-order valence-corrected chi connectivity index (χ3v) is 3.74. The van der Waals surface area contributed by atoms with Crippen molar-refractivity contribution in [2.75, 3.05) is 6.54 Å². The van der Waals surface area contributed by atoms with Gasteiger partial charge in [0.05, 0.1) is 0 Å². The lowest BCUT2D eigenvalue weighted by molar-refractivity contribution is 0.446. The van der Waals surface area contributed by atoms with Gasteiger partial charge >= 0.3 is 0 Å². The van der Waals surface area contributed by atoms with Crippen molar-refractivity contribution in [3.8, 4) is 0 Å². The van der Waals surface area contributed by atoms with Gasteiger partial charge in [0.25, 0.3) is 0 Å². The first-order valence-electron chi connectivity index (χ1n) is 7.09. The van der Waals surface area contributed by atoms with E-state index >= 15 is 0 Å². The van der Waals surface area contributed by atoms with E-state index in [-0.39, 0.29) is 0 Å². The summed E-state index contributed by atoms with van der Waals surface area (Å²) in [4.78, 5) is 4.48. The molecule has 0 aliphatic rings. The van der Waals surface area contributed by atoms with Gasteiger partial charge in [0.15, 0.2) is 0 Å². The van der Waals surface area contributed by atoms with Crippen LogP contribution in [-0.4, -0.2) is 16.1 Å². The minimum atomic E-state index is 0.348. The fourth-order valence-electron chi connectivity index (χ4n) is 2.50. The largest absolute Gasteiger partial charge is 0.331 e. The van der Waals surface area contributed by atoms with Crippen LogP contribution in [0.25, 0.3) is 0 Å². The summed E-state index contributed by atoms with van der Waals surface area (Å²) in [5.41, 5.74) is 7.06. The molecule has 2 aromatic rings. The third-order valence-electron chi connectivity index (χ3n) is 3.49. The van der Waals surface area contributed by atoms with Crippen LogP contribution in [-0.2, 0) is 6.42 Å². The molecule has 0 spiro atoms. The molecule has 1 unspecified atom stereocenters. The number of hydrogen-bond acceptors (Lipinski definition) is 2. The molecule has 0 aliphatic heterocycles. The van der Waals surface area contributed by atoms with Crippen molar-refractivity contribution in [3.63, 3.8) is 0 Å². The molecule has 20 heavy (non-hydrogen) atoms. The highest BCUT2D eigenvalue weighted by atomic mass is 35.5. The van der Waals surface area contributed by atoms with E-state index in [9.17, 15) is 0 Å². The summed E-state index contributed by atoms with van der Waals surface area (Å²) < 4.78 is 2.27. The number of imidazole rings is 1. The summed E-state index contributed by atoms with van der Waals surface area (Å²) in [6.07, 6.45) is 5.83. The zero-order valence-corrected chi connectivity index (χ0v) is 12.8. The van der Waals surface area contributed by atoms with Crippen LogP contribution in [0.3, 0.4) is 0 Å². The van der Waals surface area contributed by atoms with Gasteiger partial charge in [-0.05, 0) is 37.1 Å². The van der Waals surface area contributed by atoms with Crippen LogP contribution in [0.1, 0.15) is 43.6 Å². The maximum Gasteiger partial charge on any atom is 0.111 e. The first-order valence-corrected chi connectivity index (χ1v) is 7.47. The molecule has 1 atom stereocenters. The predicted molar refractivity (Wildman–Crippen MR) is 84.2 cm³/mol. The highest BCUT2D eigenvalue weighted by molar-refractivity contribution is 6.30. The number of rotatable bonds is 6. The second-order valence-corrected chi connectivity index (χ2v) is 5.85. The van der Waals surface area contributed by atoms with Gasteiger partial charge < -0.3 is 10.3 Å². The van der Waals surface area contributed by atoms with Crippen molar-refractivity contribution in [1.29, 1.82) is 0 Å². The lowest BCUT2D eigenvalue weighted by Gasteiger charge is -2.22. The Hall–Kier alpha value is -1.32. The van der Waals surface area contributed by atoms with Crippen LogP contribution in [0, 0.1) is 0 Å². The zero-order valence-electron chi connectivity index (χ0n) is 12.1. The molecule has 0 saturated carbocycles. The Bertz CT molecular complexity index is 531. The van der Waals surface area contributed by atoms with E-state index in [0.717, 1.165) is 23.7 Å². The normalized spacial score (nSPS) is 12.8. The Kier molecular flexibility index (Phi) is 5.21. The van der Waals surface area contributed by atoms with Gasteiger partial charge in [-0.1, -0.05) is 37.6 Å². The summed E-state index contributed by atoms with van der Waals surface area (Å²) in [5, 5.41) is 0.773. The first kappa shape index (κ1) is 15.1. The molecule has 2 N–H and O–H groups in total. The van der Waals surface area contributed by atoms with Gasteiger partial charge in [-0.2, -0.15) is 0 Å². The second kappa shape index (κ2) is 6.91. The minimum Gasteiger partial charge on any atom is -0.331 e. The van der Waals surface area contributed by atoms with Crippen molar-refractivity contribution in [2.45, 2.75) is 38.6 Å². The molecule has 0 radical (unpaired) electrons. The Labute approximate surface area is 125 Å². The summed E-state index contributed by atoms with van der Waals surface area (Å²) in [7, 11) is 0. The minimum absolute atomic E-state index is 0.348. The molecule has 0 saturated heterocycles. The molecule has 1 aromatic carbocycles. The average Bonchev–Trinajstić information content (AvgIpc) is 2.90. The van der Waals surface area contributed by atoms with Crippen LogP contribution in [0.15, 0.2) is 36.7 Å². The van der Waals surface area contributed by atoms with Crippen LogP contribution in [0.2, 0.25) is 5.02 Å². The number of nitrogens with two attached hydrogens (primary N) is 1. The molecule has 0 amide bonds. The molecule has 1 heterocycles. The number of halogens is 1. The fourth-order valence-corrected chi connectivity index (χ4v) is 2.63. The van der Waals surface area contributed by atoms with Crippen molar-refractivity contribution in [2.24, 2.45) is 5.73 Å². The SMILES string of the molecule is CC(C)c1nccn1C(CCN)Cc1ccc(Cl)cc1. The number of benzene rings is 1. The Morgan fingerprint density at radius 3 is 2.55 bits per heavy atom. The highest BCUT2D eigenvalue weighted by Gasteiger charge is 2.16. The van der Waals surface area contributed by atoms with Gasteiger partial charge in [0, 0.05) is 29.4 Å². The standard InChI is InChI=1S/C16H22ClN3/c1-12(2)16-19-9-10-20(16)15(7-8-18)11-13-3-5-14(17)6-4-13/h3-6,9-10,12,15H,7-8,11,18H2,1-2H3. The summed E-state index contributed by atoms with van der Waals surface area (Å²) in [6.45, 7) is 5.01. The Morgan fingerprint density at radius 1 is 1.25 bits per heavy atom. The van der Waals surface area contributed by atoms with Crippen LogP contribution in [0.5, 0.6) is 0 Å². The summed E-state index contributed by atoms with van der Waals surface area (Å²) in [6, 6.07) is 8.39. The van der Waals surface area contributed by atoms with E-state index in [1.807, 2.05) is 18.3 Å². The van der Waals surface area contributed by atoms with Crippen molar-refractivity contribution in [1.82, 2.24) is 9.55 Å². The Balaban J connectivity index is 2.22. The van der Waals surface area contributed by atoms with Gasteiger partial charge in [-0.15, -0.1) is 0 Å². The molecular weight excluding hydrogens is 270 g/mol. The third kappa shape index (κ3) is 3.62. The van der Waals surface area contributed by atoms with E-state index in [2.05, 4.69) is 41.7 Å². The first-order chi connectivity index (χ1) is 9.61. The van der Waals surface area contributed by atoms with E-state index in [1.165, 1.54) is 5.56 Å². The molecule has 0 fully saturated rings. The molecule has 2 rings (SSSR count). The number of hydrogen-bond donors (Lipinski definition) is 1. The molecular formula is C16H22ClN3. The van der Waals surface area contributed by atoms with Gasteiger partial charge in [-0.3, -0.25) is 0 Å². The number of aromatic nitrogens is 2. The lowest BCUT2D eigenvalue weighted by Crippen LogP contribution is -2.18. The molecule has 0 bridgehead atoms. The van der Waals surface area contributed by atoms with Gasteiger partial charge in [-0.25, -0.2) is 4.98 Å². The second-order valence-electron chi connectivity index (χ2n) is 5.41. The van der Waals surface area contributed by atoms with Crippen molar-refractivity contribution < 1.29 is 0 Å². The lowest BCUT2D eigenvalue weighted by atomic mass is 10.0. The van der Waals surface area contributed by atoms with Gasteiger partial charge in [0.2, 0.25) is 0 Å². The molecule has 3 nitrogen and oxygen atoms in total. The molecule has 4 heteroatoms. The maximum absolute atomic E-state index is 5.94. The van der Waals surface area contributed by atoms with Crippen molar-refractivity contribution >= 4 is 11.6 Å². The quantitative estimate of drug-likeness (QED) is 0.880. The molecule has 108 valence electrons. The van der Waals surface area contributed by atoms with E-state index in [1.54, 1.807) is 0 Å². The predicted octanol–water partition coefficient (Wildman–Crippen LogP) is 3.79. The van der Waals surface area contributed by atoms with Crippen molar-refractivity contribution in [3.05, 3.63) is 53.1 Å². The Morgan fingerprint density at radius 2 is 1.95 bits per heavy atom. The highest BCUT2D eigenvalue weighted by Crippen LogP contribution is 2.23. The maximum atomic E-state index is 5.94. The molecule has 0 aliphatic carbocycles. The molecule has 1 aromatic heterocycles. The zero-order chi connectivity index (χ0) is 14.5. The van der Waals surface area contributed by atoms with E-state index < -0.39 is 0 Å². The topological polar surface area (TPSA) is 43.8 Å².